The van der Waals surface area contributed by atoms with Gasteiger partial charge >= 0.3 is 0 Å². The third kappa shape index (κ3) is 5.59. The molecule has 3 aromatic carbocycles. The lowest BCUT2D eigenvalue weighted by molar-refractivity contribution is -0.114. The molecule has 0 aliphatic rings. The third-order valence-electron chi connectivity index (χ3n) is 4.02. The molecule has 2 amide bonds. The Balaban J connectivity index is 1.58. The van der Waals surface area contributed by atoms with E-state index in [0.29, 0.717) is 28.5 Å². The summed E-state index contributed by atoms with van der Waals surface area (Å²) in [7, 11) is 0. The maximum absolute atomic E-state index is 12.5. The summed E-state index contributed by atoms with van der Waals surface area (Å²) in [6, 6.07) is 23.7. The van der Waals surface area contributed by atoms with Gasteiger partial charge in [0.15, 0.2) is 0 Å². The van der Waals surface area contributed by atoms with Crippen molar-refractivity contribution >= 4 is 34.8 Å². The summed E-state index contributed by atoms with van der Waals surface area (Å²) in [5.41, 5.74) is 2.71. The Labute approximate surface area is 168 Å². The predicted octanol–water partition coefficient (Wildman–Crippen LogP) is 4.32. The second-order valence-corrected chi connectivity index (χ2v) is 6.56. The maximum Gasteiger partial charge on any atom is 0.253 e. The molecular weight excluding hydrogens is 374 g/mol. The van der Waals surface area contributed by atoms with Crippen LogP contribution in [0.5, 0.6) is 0 Å². The molecule has 3 aromatic rings. The summed E-state index contributed by atoms with van der Waals surface area (Å²) in [5.74, 6) is -0.441. The molecule has 0 radical (unpaired) electrons. The zero-order chi connectivity index (χ0) is 19.8. The minimum absolute atomic E-state index is 0.0233. The van der Waals surface area contributed by atoms with Gasteiger partial charge in [0.05, 0.1) is 12.1 Å². The number of hydrogen-bond donors (Lipinski definition) is 3. The van der Waals surface area contributed by atoms with E-state index in [2.05, 4.69) is 16.0 Å². The quantitative estimate of drug-likeness (QED) is 0.559. The van der Waals surface area contributed by atoms with E-state index in [1.54, 1.807) is 42.5 Å². The van der Waals surface area contributed by atoms with E-state index in [9.17, 15) is 9.59 Å². The molecule has 3 N–H and O–H groups in total. The van der Waals surface area contributed by atoms with Gasteiger partial charge in [0, 0.05) is 22.9 Å². The van der Waals surface area contributed by atoms with Crippen molar-refractivity contribution in [3.8, 4) is 0 Å². The van der Waals surface area contributed by atoms with Crippen LogP contribution < -0.4 is 16.0 Å². The van der Waals surface area contributed by atoms with Crippen molar-refractivity contribution < 1.29 is 9.59 Å². The number of nitrogens with one attached hydrogen (secondary N) is 3. The first-order chi connectivity index (χ1) is 13.6. The molecule has 0 bridgehead atoms. The van der Waals surface area contributed by atoms with Crippen LogP contribution in [0.1, 0.15) is 15.9 Å². The molecule has 5 nitrogen and oxygen atoms in total. The minimum Gasteiger partial charge on any atom is -0.376 e. The molecule has 0 saturated carbocycles. The van der Waals surface area contributed by atoms with Gasteiger partial charge in [-0.1, -0.05) is 60.1 Å². The van der Waals surface area contributed by atoms with Gasteiger partial charge in [0.2, 0.25) is 5.91 Å². The third-order valence-corrected chi connectivity index (χ3v) is 4.25. The molecule has 0 aliphatic heterocycles. The fourth-order valence-corrected chi connectivity index (χ4v) is 2.85. The van der Waals surface area contributed by atoms with Crippen LogP contribution in [0.4, 0.5) is 11.4 Å². The van der Waals surface area contributed by atoms with Crippen LogP contribution >= 0.6 is 11.6 Å². The topological polar surface area (TPSA) is 70.2 Å². The van der Waals surface area contributed by atoms with Crippen LogP contribution in [0.2, 0.25) is 5.02 Å². The molecule has 28 heavy (non-hydrogen) atoms. The van der Waals surface area contributed by atoms with Gasteiger partial charge in [-0.15, -0.1) is 0 Å². The molecule has 6 heteroatoms. The predicted molar refractivity (Wildman–Crippen MR) is 113 cm³/mol. The van der Waals surface area contributed by atoms with E-state index in [0.717, 1.165) is 5.56 Å². The van der Waals surface area contributed by atoms with Crippen molar-refractivity contribution in [2.24, 2.45) is 0 Å². The van der Waals surface area contributed by atoms with E-state index in [4.69, 9.17) is 11.6 Å². The number of hydrogen-bond acceptors (Lipinski definition) is 3. The standard InChI is InChI=1S/C22H20ClN3O2/c23-17-9-6-10-18(13-17)26-21(27)15-24-20-12-5-4-11-19(20)22(28)25-14-16-7-2-1-3-8-16/h1-13,24H,14-15H2,(H,25,28)(H,26,27). The number of para-hydroxylation sites is 1. The first-order valence-corrected chi connectivity index (χ1v) is 9.20. The Morgan fingerprint density at radius 2 is 1.61 bits per heavy atom. The molecule has 0 spiro atoms. The number of benzene rings is 3. The molecule has 142 valence electrons. The Bertz CT molecular complexity index is 961. The van der Waals surface area contributed by atoms with Crippen LogP contribution in [0, 0.1) is 0 Å². The van der Waals surface area contributed by atoms with E-state index in [1.807, 2.05) is 36.4 Å². The molecule has 0 aliphatic carbocycles. The summed E-state index contributed by atoms with van der Waals surface area (Å²) in [6.07, 6.45) is 0. The molecule has 0 saturated heterocycles. The van der Waals surface area contributed by atoms with Crippen molar-refractivity contribution in [2.45, 2.75) is 6.54 Å². The molecule has 0 atom stereocenters. The first kappa shape index (κ1) is 19.5. The van der Waals surface area contributed by atoms with E-state index in [1.165, 1.54) is 0 Å². The van der Waals surface area contributed by atoms with Crippen LogP contribution in [0.25, 0.3) is 0 Å². The highest BCUT2D eigenvalue weighted by atomic mass is 35.5. The van der Waals surface area contributed by atoms with Crippen molar-refractivity contribution in [1.82, 2.24) is 5.32 Å². The molecule has 3 rings (SSSR count). The van der Waals surface area contributed by atoms with Crippen molar-refractivity contribution in [2.75, 3.05) is 17.2 Å². The Morgan fingerprint density at radius 3 is 2.39 bits per heavy atom. The van der Waals surface area contributed by atoms with Gasteiger partial charge in [-0.05, 0) is 35.9 Å². The summed E-state index contributed by atoms with van der Waals surface area (Å²) in [6.45, 7) is 0.457. The monoisotopic (exact) mass is 393 g/mol. The van der Waals surface area contributed by atoms with Gasteiger partial charge < -0.3 is 16.0 Å². The molecule has 0 unspecified atom stereocenters. The lowest BCUT2D eigenvalue weighted by Crippen LogP contribution is -2.26. The fourth-order valence-electron chi connectivity index (χ4n) is 2.66. The van der Waals surface area contributed by atoms with Crippen molar-refractivity contribution in [3.05, 3.63) is 95.0 Å². The first-order valence-electron chi connectivity index (χ1n) is 8.82. The Kier molecular flexibility index (Phi) is 6.65. The summed E-state index contributed by atoms with van der Waals surface area (Å²) < 4.78 is 0. The summed E-state index contributed by atoms with van der Waals surface area (Å²) >= 11 is 5.92. The van der Waals surface area contributed by atoms with Gasteiger partial charge in [-0.3, -0.25) is 9.59 Å². The summed E-state index contributed by atoms with van der Waals surface area (Å²) in [5, 5.41) is 9.23. The molecule has 0 heterocycles. The lowest BCUT2D eigenvalue weighted by Gasteiger charge is -2.12. The number of carbonyl (C=O) groups excluding carboxylic acids is 2. The second-order valence-electron chi connectivity index (χ2n) is 6.13. The van der Waals surface area contributed by atoms with Gasteiger partial charge in [-0.25, -0.2) is 0 Å². The lowest BCUT2D eigenvalue weighted by atomic mass is 10.1. The van der Waals surface area contributed by atoms with E-state index >= 15 is 0 Å². The zero-order valence-electron chi connectivity index (χ0n) is 15.1. The Morgan fingerprint density at radius 1 is 0.857 bits per heavy atom. The molecule has 0 fully saturated rings. The number of amides is 2. The molecule has 0 aromatic heterocycles. The minimum atomic E-state index is -0.234. The van der Waals surface area contributed by atoms with E-state index in [-0.39, 0.29) is 18.4 Å². The van der Waals surface area contributed by atoms with Crippen LogP contribution in [-0.4, -0.2) is 18.4 Å². The van der Waals surface area contributed by atoms with E-state index < -0.39 is 0 Å². The normalized spacial score (nSPS) is 10.2. The SMILES string of the molecule is O=C(CNc1ccccc1C(=O)NCc1ccccc1)Nc1cccc(Cl)c1. The number of halogens is 1. The maximum atomic E-state index is 12.5. The van der Waals surface area contributed by atoms with Crippen LogP contribution in [-0.2, 0) is 11.3 Å². The number of anilines is 2. The number of rotatable bonds is 7. The van der Waals surface area contributed by atoms with Crippen molar-refractivity contribution in [3.63, 3.8) is 0 Å². The highest BCUT2D eigenvalue weighted by Gasteiger charge is 2.12. The highest BCUT2D eigenvalue weighted by molar-refractivity contribution is 6.30. The highest BCUT2D eigenvalue weighted by Crippen LogP contribution is 2.16. The average Bonchev–Trinajstić information content (AvgIpc) is 2.71. The average molecular weight is 394 g/mol. The zero-order valence-corrected chi connectivity index (χ0v) is 15.9. The Hall–Kier alpha value is -3.31. The van der Waals surface area contributed by atoms with Gasteiger partial charge in [0.1, 0.15) is 0 Å². The molecular formula is C22H20ClN3O2. The van der Waals surface area contributed by atoms with Gasteiger partial charge in [0.25, 0.3) is 5.91 Å². The second kappa shape index (κ2) is 9.58. The van der Waals surface area contributed by atoms with Crippen molar-refractivity contribution in [1.29, 1.82) is 0 Å². The van der Waals surface area contributed by atoms with Gasteiger partial charge in [-0.2, -0.15) is 0 Å². The largest absolute Gasteiger partial charge is 0.376 e. The van der Waals surface area contributed by atoms with Crippen LogP contribution in [0.3, 0.4) is 0 Å². The fraction of sp³-hybridized carbons (Fsp3) is 0.0909. The smallest absolute Gasteiger partial charge is 0.253 e. The van der Waals surface area contributed by atoms with Crippen LogP contribution in [0.15, 0.2) is 78.9 Å². The summed E-state index contributed by atoms with van der Waals surface area (Å²) in [4.78, 5) is 24.7. The number of carbonyl (C=O) groups is 2.